The zero-order chi connectivity index (χ0) is 19.3. The van der Waals surface area contributed by atoms with Crippen molar-refractivity contribution < 1.29 is 23.9 Å². The molecule has 5 nitrogen and oxygen atoms in total. The minimum absolute atomic E-state index is 0.103. The number of rotatable bonds is 14. The van der Waals surface area contributed by atoms with Gasteiger partial charge in [-0.05, 0) is 37.8 Å². The van der Waals surface area contributed by atoms with E-state index in [1.54, 1.807) is 19.1 Å². The minimum Gasteiger partial charge on any atom is -0.468 e. The lowest BCUT2D eigenvalue weighted by atomic mass is 9.87. The maximum Gasteiger partial charge on any atom is 0.303 e. The van der Waals surface area contributed by atoms with Crippen LogP contribution in [0, 0.1) is 0 Å². The molecular formula is C21H32O5. The molecule has 0 aromatic rings. The van der Waals surface area contributed by atoms with Gasteiger partial charge in [0.25, 0.3) is 6.47 Å². The number of hydrogen-bond donors (Lipinski definition) is 0. The number of carbonyl (C=O) groups excluding carboxylic acids is 3. The van der Waals surface area contributed by atoms with Crippen molar-refractivity contribution in [2.75, 3.05) is 6.61 Å². The van der Waals surface area contributed by atoms with E-state index in [-0.39, 0.29) is 5.78 Å². The summed E-state index contributed by atoms with van der Waals surface area (Å²) in [5.74, 6) is -0.545. The third-order valence-corrected chi connectivity index (χ3v) is 4.59. The van der Waals surface area contributed by atoms with E-state index >= 15 is 0 Å². The van der Waals surface area contributed by atoms with Gasteiger partial charge in [0.1, 0.15) is 0 Å². The molecule has 1 aliphatic carbocycles. The number of Topliss-reactive ketones (excluding diaryl/α,β-unsaturated/α-hetero) is 1. The van der Waals surface area contributed by atoms with Gasteiger partial charge in [0.2, 0.25) is 5.78 Å². The first-order chi connectivity index (χ1) is 12.5. The largest absolute Gasteiger partial charge is 0.468 e. The molecule has 5 heteroatoms. The summed E-state index contributed by atoms with van der Waals surface area (Å²) in [6.07, 6.45) is 16.2. The van der Waals surface area contributed by atoms with Crippen LogP contribution in [0.15, 0.2) is 23.8 Å². The second-order valence-corrected chi connectivity index (χ2v) is 6.98. The average Bonchev–Trinajstić information content (AvgIpc) is 2.59. The molecule has 0 aliphatic heterocycles. The SMILES string of the molecule is CC(=O)OC1(C)C=CC=C(CCCCCCCCCCCOC=O)C1=O. The Hall–Kier alpha value is -1.91. The Bertz CT molecular complexity index is 520. The normalized spacial score (nSPS) is 19.2. The van der Waals surface area contributed by atoms with Crippen molar-refractivity contribution >= 4 is 18.2 Å². The molecule has 1 rings (SSSR count). The summed E-state index contributed by atoms with van der Waals surface area (Å²) in [6.45, 7) is 4.00. The summed E-state index contributed by atoms with van der Waals surface area (Å²) in [5, 5.41) is 0. The molecule has 0 radical (unpaired) electrons. The number of ketones is 1. The van der Waals surface area contributed by atoms with Crippen LogP contribution in [0.2, 0.25) is 0 Å². The zero-order valence-corrected chi connectivity index (χ0v) is 16.1. The predicted octanol–water partition coefficient (Wildman–Crippen LogP) is 4.45. The highest BCUT2D eigenvalue weighted by atomic mass is 16.6. The van der Waals surface area contributed by atoms with Gasteiger partial charge in [-0.2, -0.15) is 0 Å². The zero-order valence-electron chi connectivity index (χ0n) is 16.1. The van der Waals surface area contributed by atoms with Crippen LogP contribution >= 0.6 is 0 Å². The van der Waals surface area contributed by atoms with Crippen molar-refractivity contribution in [3.63, 3.8) is 0 Å². The van der Waals surface area contributed by atoms with E-state index in [9.17, 15) is 14.4 Å². The summed E-state index contributed by atoms with van der Waals surface area (Å²) >= 11 is 0. The highest BCUT2D eigenvalue weighted by Gasteiger charge is 2.37. The number of hydrogen-bond acceptors (Lipinski definition) is 5. The lowest BCUT2D eigenvalue weighted by Gasteiger charge is -2.27. The molecule has 1 aliphatic rings. The molecule has 0 saturated heterocycles. The van der Waals surface area contributed by atoms with Crippen LogP contribution in [0.3, 0.4) is 0 Å². The summed E-state index contributed by atoms with van der Waals surface area (Å²) < 4.78 is 9.85. The Morgan fingerprint density at radius 1 is 1.04 bits per heavy atom. The highest BCUT2D eigenvalue weighted by Crippen LogP contribution is 2.26. The fourth-order valence-corrected chi connectivity index (χ4v) is 3.18. The first-order valence-electron chi connectivity index (χ1n) is 9.67. The van der Waals surface area contributed by atoms with Crippen LogP contribution in [0.4, 0.5) is 0 Å². The lowest BCUT2D eigenvalue weighted by molar-refractivity contribution is -0.157. The van der Waals surface area contributed by atoms with Gasteiger partial charge in [0.15, 0.2) is 5.60 Å². The van der Waals surface area contributed by atoms with Crippen molar-refractivity contribution in [2.45, 2.75) is 83.7 Å². The third kappa shape index (κ3) is 8.45. The number of ether oxygens (including phenoxy) is 2. The summed E-state index contributed by atoms with van der Waals surface area (Å²) in [4.78, 5) is 33.7. The van der Waals surface area contributed by atoms with Crippen LogP contribution in [0.1, 0.15) is 78.1 Å². The van der Waals surface area contributed by atoms with E-state index in [2.05, 4.69) is 4.74 Å². The van der Waals surface area contributed by atoms with Gasteiger partial charge in [0.05, 0.1) is 6.61 Å². The Labute approximate surface area is 156 Å². The molecule has 0 fully saturated rings. The topological polar surface area (TPSA) is 69.7 Å². The molecule has 0 heterocycles. The molecule has 26 heavy (non-hydrogen) atoms. The number of unbranched alkanes of at least 4 members (excludes halogenated alkanes) is 8. The quantitative estimate of drug-likeness (QED) is 0.259. The second-order valence-electron chi connectivity index (χ2n) is 6.98. The molecule has 1 unspecified atom stereocenters. The fourth-order valence-electron chi connectivity index (χ4n) is 3.18. The van der Waals surface area contributed by atoms with Crippen LogP contribution in [0.25, 0.3) is 0 Å². The third-order valence-electron chi connectivity index (χ3n) is 4.59. The van der Waals surface area contributed by atoms with Crippen LogP contribution in [-0.2, 0) is 23.9 Å². The Morgan fingerprint density at radius 2 is 1.62 bits per heavy atom. The highest BCUT2D eigenvalue weighted by molar-refractivity contribution is 6.05. The summed E-state index contributed by atoms with van der Waals surface area (Å²) in [7, 11) is 0. The van der Waals surface area contributed by atoms with Gasteiger partial charge >= 0.3 is 5.97 Å². The molecular weight excluding hydrogens is 332 g/mol. The molecule has 0 saturated carbocycles. The van der Waals surface area contributed by atoms with Gasteiger partial charge in [-0.15, -0.1) is 0 Å². The van der Waals surface area contributed by atoms with Crippen LogP contribution < -0.4 is 0 Å². The maximum absolute atomic E-state index is 12.5. The van der Waals surface area contributed by atoms with Gasteiger partial charge in [-0.25, -0.2) is 0 Å². The molecule has 0 N–H and O–H groups in total. The lowest BCUT2D eigenvalue weighted by Crippen LogP contribution is -2.40. The fraction of sp³-hybridized carbons (Fsp3) is 0.667. The van der Waals surface area contributed by atoms with Crippen LogP contribution in [-0.4, -0.2) is 30.4 Å². The van der Waals surface area contributed by atoms with Crippen molar-refractivity contribution in [1.82, 2.24) is 0 Å². The van der Waals surface area contributed by atoms with E-state index in [0.29, 0.717) is 13.1 Å². The molecule has 0 bridgehead atoms. The Morgan fingerprint density at radius 3 is 2.19 bits per heavy atom. The first-order valence-corrected chi connectivity index (χ1v) is 9.67. The van der Waals surface area contributed by atoms with Crippen LogP contribution in [0.5, 0.6) is 0 Å². The smallest absolute Gasteiger partial charge is 0.303 e. The number of esters is 1. The summed E-state index contributed by atoms with van der Waals surface area (Å²) in [6, 6.07) is 0. The standard InChI is InChI=1S/C21H32O5/c1-18(23)26-21(2)15-12-14-19(20(21)24)13-10-8-6-4-3-5-7-9-11-16-25-17-22/h12,14-15,17H,3-11,13,16H2,1-2H3. The minimum atomic E-state index is -1.15. The first kappa shape index (κ1) is 22.1. The monoisotopic (exact) mass is 364 g/mol. The van der Waals surface area contributed by atoms with E-state index in [1.165, 1.54) is 39.0 Å². The Balaban J connectivity index is 2.08. The number of allylic oxidation sites excluding steroid dienone is 2. The predicted molar refractivity (Wildman–Crippen MR) is 101 cm³/mol. The van der Waals surface area contributed by atoms with Crippen molar-refractivity contribution in [3.8, 4) is 0 Å². The molecule has 0 spiro atoms. The maximum atomic E-state index is 12.5. The molecule has 0 aromatic heterocycles. The van der Waals surface area contributed by atoms with Gasteiger partial charge < -0.3 is 9.47 Å². The number of carbonyl (C=O) groups is 3. The van der Waals surface area contributed by atoms with Gasteiger partial charge in [-0.3, -0.25) is 14.4 Å². The van der Waals surface area contributed by atoms with Crippen molar-refractivity contribution in [2.24, 2.45) is 0 Å². The average molecular weight is 364 g/mol. The van der Waals surface area contributed by atoms with E-state index < -0.39 is 11.6 Å². The van der Waals surface area contributed by atoms with Crippen molar-refractivity contribution in [1.29, 1.82) is 0 Å². The molecule has 146 valence electrons. The Kier molecular flexibility index (Phi) is 10.6. The van der Waals surface area contributed by atoms with E-state index in [1.807, 2.05) is 6.08 Å². The second kappa shape index (κ2) is 12.4. The summed E-state index contributed by atoms with van der Waals surface area (Å²) in [5.41, 5.74) is -0.402. The molecule has 0 amide bonds. The van der Waals surface area contributed by atoms with Crippen molar-refractivity contribution in [3.05, 3.63) is 23.8 Å². The van der Waals surface area contributed by atoms with Gasteiger partial charge in [0, 0.05) is 6.92 Å². The molecule has 0 aromatic carbocycles. The van der Waals surface area contributed by atoms with E-state index in [0.717, 1.165) is 37.7 Å². The van der Waals surface area contributed by atoms with Gasteiger partial charge in [-0.1, -0.05) is 57.1 Å². The molecule has 1 atom stereocenters. The van der Waals surface area contributed by atoms with E-state index in [4.69, 9.17) is 4.74 Å².